The molecule has 1 aromatic heterocycles. The summed E-state index contributed by atoms with van der Waals surface area (Å²) >= 11 is 0. The second kappa shape index (κ2) is 6.94. The van der Waals surface area contributed by atoms with Gasteiger partial charge in [-0.25, -0.2) is 0 Å². The molecule has 0 atom stereocenters. The molecule has 3 heteroatoms. The number of ether oxygens (including phenoxy) is 1. The van der Waals surface area contributed by atoms with Crippen molar-refractivity contribution in [2.75, 3.05) is 7.11 Å². The van der Waals surface area contributed by atoms with Crippen molar-refractivity contribution in [3.05, 3.63) is 54.1 Å². The molecule has 0 aliphatic rings. The molecule has 0 bridgehead atoms. The van der Waals surface area contributed by atoms with Crippen LogP contribution in [0.3, 0.4) is 0 Å². The molecule has 0 radical (unpaired) electrons. The van der Waals surface area contributed by atoms with Gasteiger partial charge in [-0.3, -0.25) is 4.79 Å². The SMILES string of the molecule is CC.COc1ccc2[nH]c(-c3ccc(C(C)=O)cc3)cc2c1. The quantitative estimate of drug-likeness (QED) is 0.685. The van der Waals surface area contributed by atoms with E-state index in [1.807, 2.05) is 56.3 Å². The van der Waals surface area contributed by atoms with Crippen LogP contribution in [0.25, 0.3) is 22.2 Å². The van der Waals surface area contributed by atoms with Crippen LogP contribution >= 0.6 is 0 Å². The first-order valence-corrected chi connectivity index (χ1v) is 7.45. The summed E-state index contributed by atoms with van der Waals surface area (Å²) in [6.45, 7) is 5.57. The number of ketones is 1. The Morgan fingerprint density at radius 3 is 2.27 bits per heavy atom. The van der Waals surface area contributed by atoms with E-state index in [2.05, 4.69) is 11.1 Å². The zero-order valence-corrected chi connectivity index (χ0v) is 13.4. The van der Waals surface area contributed by atoms with Gasteiger partial charge in [0.1, 0.15) is 5.75 Å². The van der Waals surface area contributed by atoms with E-state index in [-0.39, 0.29) is 5.78 Å². The molecule has 3 aromatic rings. The number of carbonyl (C=O) groups is 1. The van der Waals surface area contributed by atoms with Crippen LogP contribution in [0, 0.1) is 0 Å². The Hall–Kier alpha value is -2.55. The number of benzene rings is 2. The number of aromatic amines is 1. The number of H-pyrrole nitrogens is 1. The van der Waals surface area contributed by atoms with Gasteiger partial charge in [0.15, 0.2) is 5.78 Å². The Balaban J connectivity index is 0.000000847. The van der Waals surface area contributed by atoms with E-state index in [1.54, 1.807) is 14.0 Å². The molecule has 0 unspecified atom stereocenters. The van der Waals surface area contributed by atoms with E-state index in [0.29, 0.717) is 0 Å². The summed E-state index contributed by atoms with van der Waals surface area (Å²) in [6, 6.07) is 15.6. The molecule has 1 heterocycles. The largest absolute Gasteiger partial charge is 0.497 e. The van der Waals surface area contributed by atoms with Crippen LogP contribution in [-0.2, 0) is 0 Å². The zero-order chi connectivity index (χ0) is 16.1. The van der Waals surface area contributed by atoms with Crippen molar-refractivity contribution in [3.8, 4) is 17.0 Å². The highest BCUT2D eigenvalue weighted by Gasteiger charge is 2.05. The van der Waals surface area contributed by atoms with Crippen LogP contribution < -0.4 is 4.74 Å². The molecule has 3 rings (SSSR count). The Bertz CT molecular complexity index is 770. The maximum absolute atomic E-state index is 11.3. The lowest BCUT2D eigenvalue weighted by atomic mass is 10.1. The number of aromatic nitrogens is 1. The van der Waals surface area contributed by atoms with Crippen molar-refractivity contribution in [1.82, 2.24) is 4.98 Å². The number of nitrogens with one attached hydrogen (secondary N) is 1. The third kappa shape index (κ3) is 3.19. The average Bonchev–Trinajstić information content (AvgIpc) is 2.99. The van der Waals surface area contributed by atoms with E-state index < -0.39 is 0 Å². The summed E-state index contributed by atoms with van der Waals surface area (Å²) in [5, 5.41) is 1.11. The van der Waals surface area contributed by atoms with Gasteiger partial charge in [-0.1, -0.05) is 38.1 Å². The number of hydrogen-bond acceptors (Lipinski definition) is 2. The van der Waals surface area contributed by atoms with Gasteiger partial charge in [-0.15, -0.1) is 0 Å². The van der Waals surface area contributed by atoms with Gasteiger partial charge in [0.2, 0.25) is 0 Å². The van der Waals surface area contributed by atoms with Crippen molar-refractivity contribution >= 4 is 16.7 Å². The van der Waals surface area contributed by atoms with Gasteiger partial charge in [0.25, 0.3) is 0 Å². The minimum Gasteiger partial charge on any atom is -0.497 e. The van der Waals surface area contributed by atoms with Crippen molar-refractivity contribution < 1.29 is 9.53 Å². The molecule has 0 fully saturated rings. The fourth-order valence-corrected chi connectivity index (χ4v) is 2.28. The maximum Gasteiger partial charge on any atom is 0.159 e. The third-order valence-electron chi connectivity index (χ3n) is 3.43. The summed E-state index contributed by atoms with van der Waals surface area (Å²) in [7, 11) is 1.66. The van der Waals surface area contributed by atoms with Gasteiger partial charge in [0, 0.05) is 22.2 Å². The summed E-state index contributed by atoms with van der Waals surface area (Å²) in [5.41, 5.74) is 3.89. The fourth-order valence-electron chi connectivity index (χ4n) is 2.28. The molecule has 0 spiro atoms. The zero-order valence-electron chi connectivity index (χ0n) is 13.4. The average molecular weight is 295 g/mol. The summed E-state index contributed by atoms with van der Waals surface area (Å²) in [4.78, 5) is 14.7. The van der Waals surface area contributed by atoms with Crippen molar-refractivity contribution in [1.29, 1.82) is 0 Å². The van der Waals surface area contributed by atoms with Gasteiger partial charge >= 0.3 is 0 Å². The standard InChI is InChI=1S/C17H15NO2.C2H6/c1-11(19)12-3-5-13(6-4-12)17-10-14-9-15(20-2)7-8-16(14)18-17;1-2/h3-10,18H,1-2H3;1-2H3. The Morgan fingerprint density at radius 2 is 1.68 bits per heavy atom. The maximum atomic E-state index is 11.3. The van der Waals surface area contributed by atoms with Crippen LogP contribution in [0.4, 0.5) is 0 Å². The van der Waals surface area contributed by atoms with E-state index in [4.69, 9.17) is 4.74 Å². The lowest BCUT2D eigenvalue weighted by Crippen LogP contribution is -1.90. The van der Waals surface area contributed by atoms with E-state index in [0.717, 1.165) is 33.5 Å². The Morgan fingerprint density at radius 1 is 1.00 bits per heavy atom. The monoisotopic (exact) mass is 295 g/mol. The molecule has 3 nitrogen and oxygen atoms in total. The fraction of sp³-hybridized carbons (Fsp3) is 0.211. The highest BCUT2D eigenvalue weighted by atomic mass is 16.5. The normalized spacial score (nSPS) is 10.0. The molecule has 0 aliphatic carbocycles. The first-order valence-electron chi connectivity index (χ1n) is 7.45. The molecular formula is C19H21NO2. The predicted molar refractivity (Wildman–Crippen MR) is 91.6 cm³/mol. The van der Waals surface area contributed by atoms with Crippen LogP contribution in [-0.4, -0.2) is 17.9 Å². The minimum atomic E-state index is 0.0814. The highest BCUT2D eigenvalue weighted by Crippen LogP contribution is 2.27. The number of methoxy groups -OCH3 is 1. The smallest absolute Gasteiger partial charge is 0.159 e. The van der Waals surface area contributed by atoms with Gasteiger partial charge < -0.3 is 9.72 Å². The molecule has 2 aromatic carbocycles. The first-order chi connectivity index (χ1) is 10.7. The topological polar surface area (TPSA) is 42.1 Å². The van der Waals surface area contributed by atoms with Gasteiger partial charge in [-0.05, 0) is 36.8 Å². The van der Waals surface area contributed by atoms with Crippen LogP contribution in [0.5, 0.6) is 5.75 Å². The van der Waals surface area contributed by atoms with E-state index in [9.17, 15) is 4.79 Å². The minimum absolute atomic E-state index is 0.0814. The van der Waals surface area contributed by atoms with Crippen LogP contribution in [0.2, 0.25) is 0 Å². The first kappa shape index (κ1) is 15.8. The number of carbonyl (C=O) groups excluding carboxylic acids is 1. The van der Waals surface area contributed by atoms with Crippen molar-refractivity contribution in [2.24, 2.45) is 0 Å². The van der Waals surface area contributed by atoms with Gasteiger partial charge in [-0.2, -0.15) is 0 Å². The molecule has 22 heavy (non-hydrogen) atoms. The lowest BCUT2D eigenvalue weighted by molar-refractivity contribution is 0.101. The molecule has 0 amide bonds. The second-order valence-electron chi connectivity index (χ2n) is 4.77. The number of fused-ring (bicyclic) bond motifs is 1. The summed E-state index contributed by atoms with van der Waals surface area (Å²) in [5.74, 6) is 0.924. The Kier molecular flexibility index (Phi) is 4.99. The molecule has 1 N–H and O–H groups in total. The van der Waals surface area contributed by atoms with Crippen LogP contribution in [0.15, 0.2) is 48.5 Å². The summed E-state index contributed by atoms with van der Waals surface area (Å²) in [6.07, 6.45) is 0. The molecule has 0 saturated carbocycles. The lowest BCUT2D eigenvalue weighted by Gasteiger charge is -1.99. The predicted octanol–water partition coefficient (Wildman–Crippen LogP) is 5.07. The number of Topliss-reactive ketones (excluding diaryl/α,β-unsaturated/α-hetero) is 1. The summed E-state index contributed by atoms with van der Waals surface area (Å²) < 4.78 is 5.23. The van der Waals surface area contributed by atoms with Crippen molar-refractivity contribution in [3.63, 3.8) is 0 Å². The highest BCUT2D eigenvalue weighted by molar-refractivity contribution is 5.94. The van der Waals surface area contributed by atoms with Crippen LogP contribution in [0.1, 0.15) is 31.1 Å². The molecular weight excluding hydrogens is 274 g/mol. The van der Waals surface area contributed by atoms with E-state index in [1.165, 1.54) is 0 Å². The van der Waals surface area contributed by atoms with E-state index >= 15 is 0 Å². The van der Waals surface area contributed by atoms with Crippen molar-refractivity contribution in [2.45, 2.75) is 20.8 Å². The number of hydrogen-bond donors (Lipinski definition) is 1. The molecule has 0 saturated heterocycles. The second-order valence-corrected chi connectivity index (χ2v) is 4.77. The third-order valence-corrected chi connectivity index (χ3v) is 3.43. The molecule has 114 valence electrons. The Labute approximate surface area is 130 Å². The molecule has 0 aliphatic heterocycles. The number of rotatable bonds is 3. The van der Waals surface area contributed by atoms with Gasteiger partial charge in [0.05, 0.1) is 7.11 Å².